The summed E-state index contributed by atoms with van der Waals surface area (Å²) < 4.78 is 29.7. The van der Waals surface area contributed by atoms with Gasteiger partial charge in [0.15, 0.2) is 21.6 Å². The van der Waals surface area contributed by atoms with Crippen LogP contribution >= 0.6 is 35.0 Å². The molecule has 6 nitrogen and oxygen atoms in total. The van der Waals surface area contributed by atoms with Crippen LogP contribution in [-0.4, -0.2) is 53.8 Å². The van der Waals surface area contributed by atoms with Crippen molar-refractivity contribution < 1.29 is 17.9 Å². The van der Waals surface area contributed by atoms with Crippen LogP contribution in [0.25, 0.3) is 0 Å². The molecule has 0 aromatic heterocycles. The molecule has 0 bridgehead atoms. The summed E-state index contributed by atoms with van der Waals surface area (Å²) in [6.45, 7) is 0.235. The van der Waals surface area contributed by atoms with Crippen LogP contribution in [0.5, 0.6) is 5.75 Å². The lowest BCUT2D eigenvalue weighted by atomic mass is 10.1. The molecule has 1 amide bonds. The van der Waals surface area contributed by atoms with Gasteiger partial charge in [0.25, 0.3) is 5.91 Å². The zero-order valence-corrected chi connectivity index (χ0v) is 18.8. The summed E-state index contributed by atoms with van der Waals surface area (Å²) in [7, 11) is -3.10. The first-order valence-corrected chi connectivity index (χ1v) is 12.6. The van der Waals surface area contributed by atoms with Crippen molar-refractivity contribution in [2.45, 2.75) is 17.8 Å². The number of ether oxygens (including phenoxy) is 1. The Hall–Kier alpha value is -1.74. The molecule has 0 radical (unpaired) electrons. The predicted molar refractivity (Wildman–Crippen MR) is 120 cm³/mol. The van der Waals surface area contributed by atoms with E-state index in [9.17, 15) is 13.2 Å². The van der Waals surface area contributed by atoms with Crippen molar-refractivity contribution >= 4 is 55.9 Å². The normalized spacial score (nSPS) is 23.5. The van der Waals surface area contributed by atoms with E-state index in [-0.39, 0.29) is 29.4 Å². The Balaban J connectivity index is 1.50. The van der Waals surface area contributed by atoms with E-state index in [1.165, 1.54) is 11.8 Å². The van der Waals surface area contributed by atoms with Gasteiger partial charge in [-0.05, 0) is 42.0 Å². The Kier molecular flexibility index (Phi) is 6.29. The predicted octanol–water partition coefficient (Wildman–Crippen LogP) is 3.67. The molecule has 2 aliphatic rings. The average molecular weight is 485 g/mol. The average Bonchev–Trinajstić information content (AvgIpc) is 3.15. The van der Waals surface area contributed by atoms with E-state index in [2.05, 4.69) is 4.99 Å². The van der Waals surface area contributed by atoms with Gasteiger partial charge < -0.3 is 9.64 Å². The number of amides is 1. The summed E-state index contributed by atoms with van der Waals surface area (Å²) in [6, 6.07) is 13.8. The molecular weight excluding hydrogens is 467 g/mol. The first-order chi connectivity index (χ1) is 14.3. The molecule has 2 atom stereocenters. The molecule has 2 fully saturated rings. The molecule has 2 aliphatic heterocycles. The molecule has 2 aromatic carbocycles. The van der Waals surface area contributed by atoms with Gasteiger partial charge in [-0.15, -0.1) is 0 Å². The molecule has 0 saturated carbocycles. The number of halogens is 2. The highest BCUT2D eigenvalue weighted by Crippen LogP contribution is 2.39. The molecule has 0 spiro atoms. The van der Waals surface area contributed by atoms with Crippen LogP contribution in [0.1, 0.15) is 5.56 Å². The van der Waals surface area contributed by atoms with E-state index < -0.39 is 15.7 Å². The highest BCUT2D eigenvalue weighted by atomic mass is 35.5. The van der Waals surface area contributed by atoms with E-state index in [0.29, 0.717) is 27.5 Å². The van der Waals surface area contributed by atoms with Gasteiger partial charge >= 0.3 is 0 Å². The number of aliphatic imine (C=N–C) groups is 1. The van der Waals surface area contributed by atoms with Crippen molar-refractivity contribution in [3.8, 4) is 5.75 Å². The van der Waals surface area contributed by atoms with Crippen LogP contribution in [0.15, 0.2) is 53.5 Å². The highest BCUT2D eigenvalue weighted by Gasteiger charge is 2.48. The SMILES string of the molecule is O=C(COc1ccc(Cl)cc1)N=C1S[C@H]2CS(=O)(=O)C[C@H]2N1Cc1ccc(Cl)cc1. The highest BCUT2D eigenvalue weighted by molar-refractivity contribution is 8.15. The van der Waals surface area contributed by atoms with Gasteiger partial charge in [0.05, 0.1) is 17.5 Å². The third-order valence-corrected chi connectivity index (χ3v) is 8.59. The summed E-state index contributed by atoms with van der Waals surface area (Å²) in [5, 5.41) is 1.60. The Labute approximate surface area is 189 Å². The van der Waals surface area contributed by atoms with Gasteiger partial charge in [0.2, 0.25) is 0 Å². The third kappa shape index (κ3) is 5.11. The van der Waals surface area contributed by atoms with Gasteiger partial charge in [-0.25, -0.2) is 8.42 Å². The zero-order chi connectivity index (χ0) is 21.3. The fourth-order valence-corrected chi connectivity index (χ4v) is 7.64. The number of carbonyl (C=O) groups is 1. The van der Waals surface area contributed by atoms with Crippen LogP contribution in [0.4, 0.5) is 0 Å². The molecule has 2 heterocycles. The molecule has 158 valence electrons. The topological polar surface area (TPSA) is 76.0 Å². The molecule has 0 aliphatic carbocycles. The van der Waals surface area contributed by atoms with Crippen molar-refractivity contribution in [3.05, 3.63) is 64.1 Å². The fourth-order valence-electron chi connectivity index (χ4n) is 3.42. The molecule has 2 saturated heterocycles. The lowest BCUT2D eigenvalue weighted by Crippen LogP contribution is -2.37. The Bertz CT molecular complexity index is 1070. The maximum atomic E-state index is 12.4. The van der Waals surface area contributed by atoms with Crippen molar-refractivity contribution in [2.75, 3.05) is 18.1 Å². The number of fused-ring (bicyclic) bond motifs is 1. The first-order valence-electron chi connectivity index (χ1n) is 9.17. The third-order valence-electron chi connectivity index (χ3n) is 4.84. The van der Waals surface area contributed by atoms with E-state index in [1.54, 1.807) is 36.4 Å². The Morgan fingerprint density at radius 2 is 1.70 bits per heavy atom. The second-order valence-electron chi connectivity index (χ2n) is 7.09. The van der Waals surface area contributed by atoms with Crippen molar-refractivity contribution in [1.82, 2.24) is 4.90 Å². The van der Waals surface area contributed by atoms with Crippen LogP contribution in [0.3, 0.4) is 0 Å². The van der Waals surface area contributed by atoms with Crippen LogP contribution < -0.4 is 4.74 Å². The number of nitrogens with zero attached hydrogens (tertiary/aromatic N) is 2. The number of hydrogen-bond acceptors (Lipinski definition) is 5. The van der Waals surface area contributed by atoms with Crippen molar-refractivity contribution in [2.24, 2.45) is 4.99 Å². The molecule has 30 heavy (non-hydrogen) atoms. The molecule has 2 aromatic rings. The second kappa shape index (κ2) is 8.78. The summed E-state index contributed by atoms with van der Waals surface area (Å²) in [5.41, 5.74) is 0.961. The van der Waals surface area contributed by atoms with Crippen molar-refractivity contribution in [1.29, 1.82) is 0 Å². The standard InChI is InChI=1S/C20H18Cl2N2O4S2/c21-14-3-1-13(2-4-14)9-24-17-11-30(26,27)12-18(17)29-20(24)23-19(25)10-28-16-7-5-15(22)6-8-16/h1-8,17-18H,9-12H2/t17-,18+/m1/s1. The molecule has 0 N–H and O–H groups in total. The smallest absolute Gasteiger partial charge is 0.285 e. The Morgan fingerprint density at radius 3 is 2.37 bits per heavy atom. The molecule has 4 rings (SSSR count). The van der Waals surface area contributed by atoms with E-state index in [4.69, 9.17) is 27.9 Å². The Morgan fingerprint density at radius 1 is 1.07 bits per heavy atom. The van der Waals surface area contributed by atoms with E-state index >= 15 is 0 Å². The summed E-state index contributed by atoms with van der Waals surface area (Å²) in [5.74, 6) is 0.241. The maximum absolute atomic E-state index is 12.4. The minimum Gasteiger partial charge on any atom is -0.484 e. The lowest BCUT2D eigenvalue weighted by Gasteiger charge is -2.24. The number of amidine groups is 1. The number of benzene rings is 2. The lowest BCUT2D eigenvalue weighted by molar-refractivity contribution is -0.119. The minimum absolute atomic E-state index is 0.0622. The van der Waals surface area contributed by atoms with Crippen LogP contribution in [0.2, 0.25) is 10.0 Å². The molecular formula is C20H18Cl2N2O4S2. The first kappa shape index (κ1) is 21.5. The van der Waals surface area contributed by atoms with E-state index in [0.717, 1.165) is 5.56 Å². The number of carbonyl (C=O) groups excluding carboxylic acids is 1. The number of hydrogen-bond donors (Lipinski definition) is 0. The van der Waals surface area contributed by atoms with Gasteiger partial charge in [0, 0.05) is 21.8 Å². The van der Waals surface area contributed by atoms with Gasteiger partial charge in [0.1, 0.15) is 5.75 Å². The fraction of sp³-hybridized carbons (Fsp3) is 0.300. The number of rotatable bonds is 5. The van der Waals surface area contributed by atoms with E-state index in [1.807, 2.05) is 17.0 Å². The van der Waals surface area contributed by atoms with Crippen LogP contribution in [-0.2, 0) is 21.2 Å². The molecule has 0 unspecified atom stereocenters. The number of thioether (sulfide) groups is 1. The zero-order valence-electron chi connectivity index (χ0n) is 15.7. The summed E-state index contributed by atoms with van der Waals surface area (Å²) in [6.07, 6.45) is 0. The van der Waals surface area contributed by atoms with Gasteiger partial charge in [-0.1, -0.05) is 47.1 Å². The summed E-state index contributed by atoms with van der Waals surface area (Å²) >= 11 is 13.1. The van der Waals surface area contributed by atoms with Crippen molar-refractivity contribution in [3.63, 3.8) is 0 Å². The quantitative estimate of drug-likeness (QED) is 0.644. The maximum Gasteiger partial charge on any atom is 0.285 e. The monoisotopic (exact) mass is 484 g/mol. The second-order valence-corrected chi connectivity index (χ2v) is 11.3. The molecule has 10 heteroatoms. The van der Waals surface area contributed by atoms with Gasteiger partial charge in [-0.2, -0.15) is 4.99 Å². The summed E-state index contributed by atoms with van der Waals surface area (Å²) in [4.78, 5) is 18.5. The van der Waals surface area contributed by atoms with Crippen LogP contribution in [0, 0.1) is 0 Å². The largest absolute Gasteiger partial charge is 0.484 e. The van der Waals surface area contributed by atoms with Gasteiger partial charge in [-0.3, -0.25) is 4.79 Å². The number of sulfone groups is 1. The minimum atomic E-state index is -3.10.